The summed E-state index contributed by atoms with van der Waals surface area (Å²) in [6, 6.07) is 12.2. The number of para-hydroxylation sites is 1. The zero-order valence-corrected chi connectivity index (χ0v) is 19.0. The fraction of sp³-hybridized carbons (Fsp3) is 0.346. The number of nitrogens with two attached hydrogens (primary N) is 1. The van der Waals surface area contributed by atoms with E-state index < -0.39 is 0 Å². The minimum Gasteiger partial charge on any atom is -0.485 e. The molecule has 0 saturated carbocycles. The number of fused-ring (bicyclic) bond motifs is 3. The maximum absolute atomic E-state index is 6.67. The van der Waals surface area contributed by atoms with Crippen molar-refractivity contribution in [2.24, 2.45) is 5.73 Å². The van der Waals surface area contributed by atoms with Crippen LogP contribution in [-0.2, 0) is 6.42 Å². The average Bonchev–Trinajstić information content (AvgIpc) is 3.44. The highest BCUT2D eigenvalue weighted by Gasteiger charge is 2.48. The fourth-order valence-corrected chi connectivity index (χ4v) is 5.85. The van der Waals surface area contributed by atoms with Crippen molar-refractivity contribution in [2.75, 3.05) is 29.4 Å². The summed E-state index contributed by atoms with van der Waals surface area (Å²) in [7, 11) is 0. The van der Waals surface area contributed by atoms with Crippen LogP contribution in [0, 0.1) is 0 Å². The molecule has 34 heavy (non-hydrogen) atoms. The minimum absolute atomic E-state index is 0.0936. The number of pyridine rings is 1. The lowest BCUT2D eigenvalue weighted by Crippen LogP contribution is -2.51. The predicted octanol–water partition coefficient (Wildman–Crippen LogP) is 3.64. The Hall–Kier alpha value is -3.65. The van der Waals surface area contributed by atoms with Crippen molar-refractivity contribution >= 4 is 23.0 Å². The first kappa shape index (κ1) is 19.8. The molecular formula is C26H27N7O. The molecule has 2 N–H and O–H groups in total. The summed E-state index contributed by atoms with van der Waals surface area (Å²) in [5, 5.41) is 0. The topological polar surface area (TPSA) is 84.8 Å². The molecule has 8 heteroatoms. The van der Waals surface area contributed by atoms with E-state index in [0.717, 1.165) is 85.3 Å². The first-order valence-electron chi connectivity index (χ1n) is 12.1. The van der Waals surface area contributed by atoms with Gasteiger partial charge in [0.15, 0.2) is 5.82 Å². The highest BCUT2D eigenvalue weighted by Crippen LogP contribution is 2.47. The SMILES string of the molecule is N[C@@H]1c2ccccc2OC12CCN(c1nccn3c(N4CCCc5ncccc54)ncc13)CC2. The molecular weight excluding hydrogens is 426 g/mol. The molecule has 1 spiro atoms. The molecule has 7 rings (SSSR count). The molecule has 0 unspecified atom stereocenters. The summed E-state index contributed by atoms with van der Waals surface area (Å²) in [5.41, 5.74) is 10.8. The van der Waals surface area contributed by atoms with Crippen molar-refractivity contribution in [1.29, 1.82) is 0 Å². The Morgan fingerprint density at radius 3 is 2.74 bits per heavy atom. The van der Waals surface area contributed by atoms with Crippen molar-refractivity contribution < 1.29 is 4.74 Å². The number of benzene rings is 1. The van der Waals surface area contributed by atoms with Crippen molar-refractivity contribution in [3.63, 3.8) is 0 Å². The zero-order valence-electron chi connectivity index (χ0n) is 19.0. The van der Waals surface area contributed by atoms with E-state index in [1.165, 1.54) is 0 Å². The number of hydrogen-bond acceptors (Lipinski definition) is 7. The van der Waals surface area contributed by atoms with Gasteiger partial charge in [-0.1, -0.05) is 18.2 Å². The number of hydrogen-bond donors (Lipinski definition) is 1. The van der Waals surface area contributed by atoms with Gasteiger partial charge < -0.3 is 20.3 Å². The number of piperidine rings is 1. The second kappa shape index (κ2) is 7.43. The van der Waals surface area contributed by atoms with E-state index in [1.807, 2.05) is 49.1 Å². The summed E-state index contributed by atoms with van der Waals surface area (Å²) >= 11 is 0. The molecule has 4 aromatic rings. The number of anilines is 3. The van der Waals surface area contributed by atoms with Crippen LogP contribution in [0.5, 0.6) is 5.75 Å². The van der Waals surface area contributed by atoms with Gasteiger partial charge >= 0.3 is 0 Å². The van der Waals surface area contributed by atoms with Crippen molar-refractivity contribution in [3.05, 3.63) is 72.4 Å². The number of aryl methyl sites for hydroxylation is 1. The molecule has 8 nitrogen and oxygen atoms in total. The summed E-state index contributed by atoms with van der Waals surface area (Å²) in [4.78, 5) is 18.8. The molecule has 0 amide bonds. The average molecular weight is 454 g/mol. The molecule has 3 aliphatic rings. The van der Waals surface area contributed by atoms with Gasteiger partial charge in [-0.2, -0.15) is 0 Å². The van der Waals surface area contributed by atoms with Crippen LogP contribution in [0.2, 0.25) is 0 Å². The second-order valence-corrected chi connectivity index (χ2v) is 9.46. The molecule has 6 heterocycles. The zero-order chi connectivity index (χ0) is 22.7. The van der Waals surface area contributed by atoms with Crippen molar-refractivity contribution in [3.8, 4) is 5.75 Å². The smallest absolute Gasteiger partial charge is 0.214 e. The van der Waals surface area contributed by atoms with E-state index in [2.05, 4.69) is 31.3 Å². The van der Waals surface area contributed by atoms with Crippen LogP contribution >= 0.6 is 0 Å². The Morgan fingerprint density at radius 1 is 0.971 bits per heavy atom. The third kappa shape index (κ3) is 2.84. The fourth-order valence-electron chi connectivity index (χ4n) is 5.85. The molecule has 1 saturated heterocycles. The van der Waals surface area contributed by atoms with Gasteiger partial charge in [0.05, 0.1) is 23.6 Å². The molecule has 3 aromatic heterocycles. The van der Waals surface area contributed by atoms with E-state index in [1.54, 1.807) is 0 Å². The normalized spacial score (nSPS) is 20.9. The Bertz CT molecular complexity index is 1370. The molecule has 1 aromatic carbocycles. The quantitative estimate of drug-likeness (QED) is 0.496. The largest absolute Gasteiger partial charge is 0.485 e. The van der Waals surface area contributed by atoms with Crippen LogP contribution in [0.3, 0.4) is 0 Å². The van der Waals surface area contributed by atoms with Gasteiger partial charge in [0.2, 0.25) is 5.95 Å². The summed E-state index contributed by atoms with van der Waals surface area (Å²) in [5.74, 6) is 2.81. The first-order chi connectivity index (χ1) is 16.7. The summed E-state index contributed by atoms with van der Waals surface area (Å²) < 4.78 is 8.59. The minimum atomic E-state index is -0.332. The first-order valence-corrected chi connectivity index (χ1v) is 12.1. The third-order valence-electron chi connectivity index (χ3n) is 7.66. The van der Waals surface area contributed by atoms with E-state index in [-0.39, 0.29) is 11.6 Å². The van der Waals surface area contributed by atoms with E-state index >= 15 is 0 Å². The van der Waals surface area contributed by atoms with Crippen LogP contribution in [0.4, 0.5) is 17.5 Å². The van der Waals surface area contributed by atoms with Gasteiger partial charge in [0.25, 0.3) is 0 Å². The van der Waals surface area contributed by atoms with Crippen LogP contribution < -0.4 is 20.3 Å². The Kier molecular flexibility index (Phi) is 4.32. The number of rotatable bonds is 2. The van der Waals surface area contributed by atoms with Crippen LogP contribution in [0.25, 0.3) is 5.52 Å². The summed E-state index contributed by atoms with van der Waals surface area (Å²) in [6.07, 6.45) is 11.5. The number of aromatic nitrogens is 4. The second-order valence-electron chi connectivity index (χ2n) is 9.46. The molecule has 3 aliphatic heterocycles. The molecule has 1 fully saturated rings. The van der Waals surface area contributed by atoms with E-state index in [0.29, 0.717) is 0 Å². The van der Waals surface area contributed by atoms with Crippen LogP contribution in [-0.4, -0.2) is 44.6 Å². The highest BCUT2D eigenvalue weighted by molar-refractivity contribution is 5.73. The molecule has 172 valence electrons. The summed E-state index contributed by atoms with van der Waals surface area (Å²) in [6.45, 7) is 2.61. The molecule has 1 atom stereocenters. The van der Waals surface area contributed by atoms with Crippen LogP contribution in [0.15, 0.2) is 61.2 Å². The van der Waals surface area contributed by atoms with Crippen LogP contribution in [0.1, 0.15) is 36.6 Å². The third-order valence-corrected chi connectivity index (χ3v) is 7.66. The van der Waals surface area contributed by atoms with Crippen molar-refractivity contribution in [1.82, 2.24) is 19.4 Å². The van der Waals surface area contributed by atoms with Gasteiger partial charge in [-0.25, -0.2) is 9.97 Å². The molecule has 0 radical (unpaired) electrons. The van der Waals surface area contributed by atoms with Gasteiger partial charge in [0.1, 0.15) is 16.9 Å². The lowest BCUT2D eigenvalue weighted by Gasteiger charge is -2.41. The lowest BCUT2D eigenvalue weighted by atomic mass is 9.83. The molecule has 0 aliphatic carbocycles. The number of ether oxygens (including phenoxy) is 1. The Morgan fingerprint density at radius 2 is 1.85 bits per heavy atom. The number of imidazole rings is 1. The Balaban J connectivity index is 1.18. The maximum atomic E-state index is 6.67. The molecule has 0 bridgehead atoms. The van der Waals surface area contributed by atoms with Gasteiger partial charge in [-0.05, 0) is 31.0 Å². The standard InChI is InChI=1S/C26H27N7O/c27-23-18-5-1-2-8-22(18)34-26(23)9-14-31(15-10-26)24-21-17-30-25(33(21)16-12-29-24)32-13-4-6-19-20(32)7-3-11-28-19/h1-3,5,7-8,11-12,16-17,23H,4,6,9-10,13-15,27H2/t23-/m1/s1. The predicted molar refractivity (Wildman–Crippen MR) is 131 cm³/mol. The Labute approximate surface area is 198 Å². The van der Waals surface area contributed by atoms with Gasteiger partial charge in [-0.15, -0.1) is 0 Å². The highest BCUT2D eigenvalue weighted by atomic mass is 16.5. The maximum Gasteiger partial charge on any atom is 0.214 e. The van der Waals surface area contributed by atoms with Gasteiger partial charge in [-0.3, -0.25) is 9.38 Å². The number of nitrogens with zero attached hydrogens (tertiary/aromatic N) is 6. The van der Waals surface area contributed by atoms with E-state index in [4.69, 9.17) is 20.4 Å². The lowest BCUT2D eigenvalue weighted by molar-refractivity contribution is 0.0431. The van der Waals surface area contributed by atoms with Crippen molar-refractivity contribution in [2.45, 2.75) is 37.3 Å². The monoisotopic (exact) mass is 453 g/mol. The van der Waals surface area contributed by atoms with E-state index in [9.17, 15) is 0 Å². The van der Waals surface area contributed by atoms with Gasteiger partial charge in [0, 0.05) is 56.6 Å².